The van der Waals surface area contributed by atoms with Crippen molar-refractivity contribution in [1.29, 1.82) is 0 Å². The molecule has 1 saturated heterocycles. The van der Waals surface area contributed by atoms with Crippen LogP contribution in [0.3, 0.4) is 0 Å². The molecule has 1 aromatic carbocycles. The Bertz CT molecular complexity index is 450. The monoisotopic (exact) mass is 267 g/mol. The van der Waals surface area contributed by atoms with Gasteiger partial charge >= 0.3 is 0 Å². The van der Waals surface area contributed by atoms with Crippen LogP contribution in [0.1, 0.15) is 18.4 Å². The first-order valence-electron chi connectivity index (χ1n) is 6.14. The van der Waals surface area contributed by atoms with Crippen LogP contribution in [0, 0.1) is 0 Å². The number of nitrogens with zero attached hydrogens (tertiary/aromatic N) is 1. The zero-order valence-corrected chi connectivity index (χ0v) is 11.2. The number of halogens is 1. The van der Waals surface area contributed by atoms with E-state index in [9.17, 15) is 4.79 Å². The van der Waals surface area contributed by atoms with Gasteiger partial charge < -0.3 is 16.0 Å². The second-order valence-electron chi connectivity index (χ2n) is 4.45. The van der Waals surface area contributed by atoms with Crippen molar-refractivity contribution < 1.29 is 4.79 Å². The molecule has 4 nitrogen and oxygen atoms in total. The Morgan fingerprint density at radius 1 is 1.61 bits per heavy atom. The lowest BCUT2D eigenvalue weighted by atomic mass is 10.1. The third-order valence-corrected chi connectivity index (χ3v) is 3.74. The molecule has 98 valence electrons. The fraction of sp³-hybridized carbons (Fsp3) is 0.462. The Morgan fingerprint density at radius 3 is 3.00 bits per heavy atom. The van der Waals surface area contributed by atoms with E-state index in [1.54, 1.807) is 7.05 Å². The molecule has 0 spiro atoms. The number of carbonyl (C=O) groups excluding carboxylic acids is 1. The quantitative estimate of drug-likeness (QED) is 0.873. The minimum absolute atomic E-state index is 0.0616. The molecule has 1 unspecified atom stereocenters. The summed E-state index contributed by atoms with van der Waals surface area (Å²) < 4.78 is 0. The molecule has 1 aliphatic rings. The summed E-state index contributed by atoms with van der Waals surface area (Å²) in [5.41, 5.74) is 7.51. The van der Waals surface area contributed by atoms with Crippen molar-refractivity contribution in [2.45, 2.75) is 25.4 Å². The van der Waals surface area contributed by atoms with E-state index in [1.807, 2.05) is 18.2 Å². The lowest BCUT2D eigenvalue weighted by Gasteiger charge is -2.26. The second kappa shape index (κ2) is 5.59. The van der Waals surface area contributed by atoms with Crippen LogP contribution in [-0.2, 0) is 11.3 Å². The molecule has 0 aromatic heterocycles. The molecule has 2 rings (SSSR count). The molecule has 5 heteroatoms. The number of likely N-dealkylation sites (N-methyl/N-ethyl adjacent to an activating group) is 1. The van der Waals surface area contributed by atoms with Crippen molar-refractivity contribution in [3.63, 3.8) is 0 Å². The number of rotatable bonds is 3. The molecule has 1 fully saturated rings. The van der Waals surface area contributed by atoms with Gasteiger partial charge in [0.05, 0.1) is 0 Å². The Balaban J connectivity index is 2.25. The van der Waals surface area contributed by atoms with Crippen LogP contribution >= 0.6 is 11.6 Å². The molecule has 1 aromatic rings. The molecule has 3 N–H and O–H groups in total. The number of amides is 1. The summed E-state index contributed by atoms with van der Waals surface area (Å²) in [6.07, 6.45) is 1.91. The van der Waals surface area contributed by atoms with E-state index in [0.29, 0.717) is 11.6 Å². The lowest BCUT2D eigenvalue weighted by molar-refractivity contribution is -0.121. The average molecular weight is 268 g/mol. The van der Waals surface area contributed by atoms with E-state index in [4.69, 9.17) is 17.3 Å². The number of benzene rings is 1. The summed E-state index contributed by atoms with van der Waals surface area (Å²) in [6.45, 7) is 1.31. The first kappa shape index (κ1) is 13.2. The van der Waals surface area contributed by atoms with Crippen molar-refractivity contribution in [2.24, 2.45) is 5.73 Å². The van der Waals surface area contributed by atoms with Gasteiger partial charge in [-0.05, 0) is 30.5 Å². The van der Waals surface area contributed by atoms with Gasteiger partial charge in [-0.3, -0.25) is 4.79 Å². The zero-order valence-electron chi connectivity index (χ0n) is 10.4. The molecular weight excluding hydrogens is 250 g/mol. The number of nitrogens with one attached hydrogen (secondary N) is 1. The number of nitrogens with two attached hydrogens (primary N) is 1. The zero-order chi connectivity index (χ0) is 13.1. The van der Waals surface area contributed by atoms with Crippen LogP contribution in [0.4, 0.5) is 5.69 Å². The summed E-state index contributed by atoms with van der Waals surface area (Å²) in [6, 6.07) is 5.71. The first-order valence-corrected chi connectivity index (χ1v) is 6.52. The normalized spacial score (nSPS) is 19.1. The summed E-state index contributed by atoms with van der Waals surface area (Å²) in [7, 11) is 1.67. The molecule has 18 heavy (non-hydrogen) atoms. The highest BCUT2D eigenvalue weighted by atomic mass is 35.5. The maximum atomic E-state index is 11.8. The number of carbonyl (C=O) groups is 1. The molecule has 0 saturated carbocycles. The molecule has 0 aliphatic carbocycles. The largest absolute Gasteiger partial charge is 0.359 e. The molecule has 1 atom stereocenters. The van der Waals surface area contributed by atoms with Gasteiger partial charge in [-0.25, -0.2) is 0 Å². The highest BCUT2D eigenvalue weighted by Gasteiger charge is 2.30. The average Bonchev–Trinajstić information content (AvgIpc) is 2.86. The van der Waals surface area contributed by atoms with Gasteiger partial charge in [-0.15, -0.1) is 0 Å². The van der Waals surface area contributed by atoms with E-state index < -0.39 is 0 Å². The van der Waals surface area contributed by atoms with Gasteiger partial charge in [0.25, 0.3) is 0 Å². The van der Waals surface area contributed by atoms with E-state index in [1.165, 1.54) is 0 Å². The SMILES string of the molecule is CNC(=O)C1CCCN1c1ccc(CN)c(Cl)c1. The summed E-state index contributed by atoms with van der Waals surface area (Å²) in [5, 5.41) is 3.37. The Kier molecular flexibility index (Phi) is 4.09. The second-order valence-corrected chi connectivity index (χ2v) is 4.85. The van der Waals surface area contributed by atoms with E-state index >= 15 is 0 Å². The van der Waals surface area contributed by atoms with E-state index in [-0.39, 0.29) is 11.9 Å². The summed E-state index contributed by atoms with van der Waals surface area (Å²) >= 11 is 6.16. The summed E-state index contributed by atoms with van der Waals surface area (Å²) in [4.78, 5) is 13.9. The van der Waals surface area contributed by atoms with Crippen LogP contribution in [0.15, 0.2) is 18.2 Å². The summed E-state index contributed by atoms with van der Waals surface area (Å²) in [5.74, 6) is 0.0616. The highest BCUT2D eigenvalue weighted by molar-refractivity contribution is 6.31. The molecule has 0 bridgehead atoms. The molecule has 0 radical (unpaired) electrons. The van der Waals surface area contributed by atoms with Crippen LogP contribution in [-0.4, -0.2) is 25.5 Å². The highest BCUT2D eigenvalue weighted by Crippen LogP contribution is 2.29. The van der Waals surface area contributed by atoms with E-state index in [0.717, 1.165) is 30.6 Å². The van der Waals surface area contributed by atoms with Gasteiger partial charge in [0, 0.05) is 30.8 Å². The van der Waals surface area contributed by atoms with Crippen molar-refractivity contribution in [3.05, 3.63) is 28.8 Å². The third-order valence-electron chi connectivity index (χ3n) is 3.39. The van der Waals surface area contributed by atoms with Crippen molar-refractivity contribution in [2.75, 3.05) is 18.5 Å². The molecule has 1 aliphatic heterocycles. The van der Waals surface area contributed by atoms with Crippen LogP contribution in [0.25, 0.3) is 0 Å². The van der Waals surface area contributed by atoms with E-state index in [2.05, 4.69) is 10.2 Å². The van der Waals surface area contributed by atoms with Gasteiger partial charge in [-0.1, -0.05) is 17.7 Å². The predicted octanol–water partition coefficient (Wildman–Crippen LogP) is 1.51. The van der Waals surface area contributed by atoms with Crippen LogP contribution in [0.2, 0.25) is 5.02 Å². The molecular formula is C13H18ClN3O. The van der Waals surface area contributed by atoms with Gasteiger partial charge in [0.2, 0.25) is 5.91 Å². The van der Waals surface area contributed by atoms with Crippen LogP contribution < -0.4 is 16.0 Å². The predicted molar refractivity (Wildman–Crippen MR) is 73.8 cm³/mol. The fourth-order valence-electron chi connectivity index (χ4n) is 2.40. The van der Waals surface area contributed by atoms with Crippen LogP contribution in [0.5, 0.6) is 0 Å². The van der Waals surface area contributed by atoms with Gasteiger partial charge in [0.1, 0.15) is 6.04 Å². The Morgan fingerprint density at radius 2 is 2.39 bits per heavy atom. The van der Waals surface area contributed by atoms with Crippen molar-refractivity contribution in [1.82, 2.24) is 5.32 Å². The van der Waals surface area contributed by atoms with Gasteiger partial charge in [-0.2, -0.15) is 0 Å². The fourth-order valence-corrected chi connectivity index (χ4v) is 2.65. The lowest BCUT2D eigenvalue weighted by Crippen LogP contribution is -2.42. The Labute approximate surface area is 112 Å². The van der Waals surface area contributed by atoms with Crippen molar-refractivity contribution in [3.8, 4) is 0 Å². The molecule has 1 amide bonds. The number of anilines is 1. The maximum absolute atomic E-state index is 11.8. The smallest absolute Gasteiger partial charge is 0.242 e. The number of hydrogen-bond acceptors (Lipinski definition) is 3. The first-order chi connectivity index (χ1) is 8.67. The van der Waals surface area contributed by atoms with Crippen molar-refractivity contribution >= 4 is 23.2 Å². The minimum Gasteiger partial charge on any atom is -0.359 e. The third kappa shape index (κ3) is 2.44. The minimum atomic E-state index is -0.0882. The standard InChI is InChI=1S/C13H18ClN3O/c1-16-13(18)12-3-2-6-17(12)10-5-4-9(8-15)11(14)7-10/h4-5,7,12H,2-3,6,8,15H2,1H3,(H,16,18). The Hall–Kier alpha value is -1.26. The topological polar surface area (TPSA) is 58.4 Å². The molecule has 1 heterocycles. The van der Waals surface area contributed by atoms with Gasteiger partial charge in [0.15, 0.2) is 0 Å². The number of hydrogen-bond donors (Lipinski definition) is 2. The maximum Gasteiger partial charge on any atom is 0.242 e.